The fraction of sp³-hybridized carbons (Fsp3) is 0.250. The van der Waals surface area contributed by atoms with E-state index in [9.17, 15) is 4.79 Å². The molecule has 3 aromatic rings. The number of oxazole rings is 1. The van der Waals surface area contributed by atoms with Gasteiger partial charge in [0.1, 0.15) is 18.1 Å². The van der Waals surface area contributed by atoms with Crippen molar-refractivity contribution >= 4 is 11.5 Å². The lowest BCUT2D eigenvalue weighted by Gasteiger charge is -2.11. The van der Waals surface area contributed by atoms with Crippen LogP contribution in [0.2, 0.25) is 0 Å². The first kappa shape index (κ1) is 21.2. The largest absolute Gasteiger partial charge is 0.500 e. The molecule has 0 atom stereocenters. The van der Waals surface area contributed by atoms with Crippen molar-refractivity contribution in [1.82, 2.24) is 4.98 Å². The van der Waals surface area contributed by atoms with Gasteiger partial charge in [0.25, 0.3) is 0 Å². The van der Waals surface area contributed by atoms with E-state index in [2.05, 4.69) is 4.98 Å². The van der Waals surface area contributed by atoms with E-state index in [0.717, 1.165) is 22.5 Å². The van der Waals surface area contributed by atoms with Crippen molar-refractivity contribution in [2.24, 2.45) is 0 Å². The summed E-state index contributed by atoms with van der Waals surface area (Å²) in [7, 11) is 1.65. The average Bonchev–Trinajstić information content (AvgIpc) is 3.24. The zero-order chi connectivity index (χ0) is 21.3. The summed E-state index contributed by atoms with van der Waals surface area (Å²) >= 11 is 0. The normalized spacial score (nSPS) is 11.7. The van der Waals surface area contributed by atoms with Gasteiger partial charge in [-0.25, -0.2) is 4.98 Å². The summed E-state index contributed by atoms with van der Waals surface area (Å²) in [6.45, 7) is 2.26. The molecule has 6 heteroatoms. The van der Waals surface area contributed by atoms with Crippen LogP contribution in [0.15, 0.2) is 71.0 Å². The number of carboxylic acids is 1. The van der Waals surface area contributed by atoms with Gasteiger partial charge in [0.05, 0.1) is 18.9 Å². The van der Waals surface area contributed by atoms with Crippen molar-refractivity contribution in [3.63, 3.8) is 0 Å². The zero-order valence-electron chi connectivity index (χ0n) is 17.1. The topological polar surface area (TPSA) is 81.8 Å². The van der Waals surface area contributed by atoms with E-state index in [0.29, 0.717) is 30.2 Å². The fourth-order valence-electron chi connectivity index (χ4n) is 3.08. The van der Waals surface area contributed by atoms with Gasteiger partial charge in [-0.2, -0.15) is 0 Å². The Morgan fingerprint density at radius 3 is 2.47 bits per heavy atom. The van der Waals surface area contributed by atoms with Crippen molar-refractivity contribution in [2.75, 3.05) is 7.11 Å². The number of benzene rings is 2. The molecule has 3 rings (SSSR count). The van der Waals surface area contributed by atoms with Gasteiger partial charge in [-0.15, -0.1) is 0 Å². The standard InChI is InChI=1S/C24H25NO5/c1-3-21(28-2)23(18-7-5-4-6-8-18)24-25-15-20(30-24)16-29-19-12-9-17(10-13-19)11-14-22(26)27/h4-10,12-13,15H,3,11,14,16H2,1-2H3,(H,26,27). The molecule has 0 bridgehead atoms. The van der Waals surface area contributed by atoms with Crippen molar-refractivity contribution < 1.29 is 23.8 Å². The Kier molecular flexibility index (Phi) is 7.27. The van der Waals surface area contributed by atoms with Gasteiger partial charge < -0.3 is 19.0 Å². The minimum absolute atomic E-state index is 0.111. The van der Waals surface area contributed by atoms with Crippen molar-refractivity contribution in [3.05, 3.63) is 89.3 Å². The van der Waals surface area contributed by atoms with Crippen molar-refractivity contribution in [2.45, 2.75) is 32.8 Å². The van der Waals surface area contributed by atoms with E-state index < -0.39 is 5.97 Å². The van der Waals surface area contributed by atoms with Gasteiger partial charge in [-0.3, -0.25) is 4.79 Å². The Labute approximate surface area is 175 Å². The average molecular weight is 407 g/mol. The molecule has 30 heavy (non-hydrogen) atoms. The van der Waals surface area contributed by atoms with Crippen LogP contribution in [-0.2, 0) is 22.6 Å². The quantitative estimate of drug-likeness (QED) is 0.472. The van der Waals surface area contributed by atoms with Crippen LogP contribution in [0.4, 0.5) is 0 Å². The van der Waals surface area contributed by atoms with Crippen LogP contribution in [0.3, 0.4) is 0 Å². The molecular weight excluding hydrogens is 382 g/mol. The number of aliphatic carboxylic acids is 1. The Morgan fingerprint density at radius 1 is 1.10 bits per heavy atom. The first-order valence-electron chi connectivity index (χ1n) is 9.82. The molecule has 0 saturated carbocycles. The Bertz CT molecular complexity index is 984. The smallest absolute Gasteiger partial charge is 0.303 e. The fourth-order valence-corrected chi connectivity index (χ4v) is 3.08. The molecule has 0 aliphatic carbocycles. The first-order chi connectivity index (χ1) is 14.6. The van der Waals surface area contributed by atoms with Gasteiger partial charge in [0.2, 0.25) is 5.89 Å². The number of methoxy groups -OCH3 is 1. The van der Waals surface area contributed by atoms with Gasteiger partial charge in [-0.1, -0.05) is 49.4 Å². The molecule has 0 unspecified atom stereocenters. The minimum atomic E-state index is -0.805. The second-order valence-corrected chi connectivity index (χ2v) is 6.68. The number of hydrogen-bond donors (Lipinski definition) is 1. The molecule has 0 fully saturated rings. The molecule has 2 aromatic carbocycles. The molecule has 1 aromatic heterocycles. The zero-order valence-corrected chi connectivity index (χ0v) is 17.1. The Balaban J connectivity index is 1.71. The molecule has 0 aliphatic rings. The van der Waals surface area contributed by atoms with Crippen LogP contribution in [-0.4, -0.2) is 23.2 Å². The third kappa shape index (κ3) is 5.50. The summed E-state index contributed by atoms with van der Waals surface area (Å²) in [5, 5.41) is 8.77. The molecule has 0 saturated heterocycles. The molecule has 0 aliphatic heterocycles. The number of ether oxygens (including phenoxy) is 2. The van der Waals surface area contributed by atoms with Crippen LogP contribution in [0, 0.1) is 0 Å². The van der Waals surface area contributed by atoms with Crippen LogP contribution >= 0.6 is 0 Å². The van der Waals surface area contributed by atoms with Crippen molar-refractivity contribution in [3.8, 4) is 5.75 Å². The summed E-state index contributed by atoms with van der Waals surface area (Å²) in [6, 6.07) is 17.3. The molecule has 156 valence electrons. The third-order valence-electron chi connectivity index (χ3n) is 4.61. The minimum Gasteiger partial charge on any atom is -0.500 e. The Morgan fingerprint density at radius 2 is 1.83 bits per heavy atom. The van der Waals surface area contributed by atoms with E-state index >= 15 is 0 Å². The van der Waals surface area contributed by atoms with Gasteiger partial charge in [-0.05, 0) is 29.7 Å². The second-order valence-electron chi connectivity index (χ2n) is 6.68. The summed E-state index contributed by atoms with van der Waals surface area (Å²) in [4.78, 5) is 15.1. The van der Waals surface area contributed by atoms with Gasteiger partial charge in [0.15, 0.2) is 5.76 Å². The van der Waals surface area contributed by atoms with E-state index in [1.165, 1.54) is 0 Å². The maximum atomic E-state index is 10.7. The Hall–Kier alpha value is -3.54. The lowest BCUT2D eigenvalue weighted by atomic mass is 10.0. The summed E-state index contributed by atoms with van der Waals surface area (Å²) in [6.07, 6.45) is 2.97. The van der Waals surface area contributed by atoms with E-state index in [4.69, 9.17) is 19.0 Å². The SMILES string of the molecule is CCC(OC)=C(c1ccccc1)c1ncc(COc2ccc(CCC(=O)O)cc2)o1. The monoisotopic (exact) mass is 407 g/mol. The summed E-state index contributed by atoms with van der Waals surface area (Å²) < 4.78 is 17.3. The lowest BCUT2D eigenvalue weighted by molar-refractivity contribution is -0.136. The molecule has 1 heterocycles. The predicted molar refractivity (Wildman–Crippen MR) is 113 cm³/mol. The number of carboxylic acid groups (broad SMARTS) is 1. The number of aryl methyl sites for hydroxylation is 1. The van der Waals surface area contributed by atoms with Crippen LogP contribution in [0.1, 0.15) is 42.5 Å². The second kappa shape index (κ2) is 10.3. The molecule has 1 N–H and O–H groups in total. The van der Waals surface area contributed by atoms with Crippen LogP contribution in [0.25, 0.3) is 5.57 Å². The summed E-state index contributed by atoms with van der Waals surface area (Å²) in [5.41, 5.74) is 2.76. The molecule has 0 spiro atoms. The lowest BCUT2D eigenvalue weighted by Crippen LogP contribution is -1.98. The number of hydrogen-bond acceptors (Lipinski definition) is 5. The molecule has 0 amide bonds. The maximum absolute atomic E-state index is 10.7. The number of aromatic nitrogens is 1. The van der Waals surface area contributed by atoms with E-state index in [1.807, 2.05) is 61.5 Å². The van der Waals surface area contributed by atoms with E-state index in [1.54, 1.807) is 13.3 Å². The van der Waals surface area contributed by atoms with Gasteiger partial charge >= 0.3 is 5.97 Å². The number of allylic oxidation sites excluding steroid dienone is 1. The molecule has 0 radical (unpaired) electrons. The highest BCUT2D eigenvalue weighted by molar-refractivity contribution is 5.77. The highest BCUT2D eigenvalue weighted by Gasteiger charge is 2.17. The number of carbonyl (C=O) groups is 1. The highest BCUT2D eigenvalue weighted by atomic mass is 16.5. The first-order valence-corrected chi connectivity index (χ1v) is 9.82. The highest BCUT2D eigenvalue weighted by Crippen LogP contribution is 2.29. The molecule has 6 nitrogen and oxygen atoms in total. The molecular formula is C24H25NO5. The van der Waals surface area contributed by atoms with Crippen LogP contribution in [0.5, 0.6) is 5.75 Å². The maximum Gasteiger partial charge on any atom is 0.303 e. The van der Waals surface area contributed by atoms with E-state index in [-0.39, 0.29) is 13.0 Å². The third-order valence-corrected chi connectivity index (χ3v) is 4.61. The summed E-state index contributed by atoms with van der Waals surface area (Å²) in [5.74, 6) is 1.76. The van der Waals surface area contributed by atoms with Crippen LogP contribution < -0.4 is 4.74 Å². The van der Waals surface area contributed by atoms with Crippen molar-refractivity contribution in [1.29, 1.82) is 0 Å². The number of rotatable bonds is 10. The van der Waals surface area contributed by atoms with Gasteiger partial charge in [0, 0.05) is 12.8 Å². The predicted octanol–water partition coefficient (Wildman–Crippen LogP) is 5.09. The number of nitrogens with zero attached hydrogens (tertiary/aromatic N) is 1.